The van der Waals surface area contributed by atoms with Crippen LogP contribution in [0.25, 0.3) is 0 Å². The van der Waals surface area contributed by atoms with Crippen molar-refractivity contribution in [3.8, 4) is 0 Å². The number of benzene rings is 2. The molecule has 132 valence electrons. The fourth-order valence-electron chi connectivity index (χ4n) is 1.93. The molecule has 26 heavy (non-hydrogen) atoms. The van der Waals surface area contributed by atoms with Gasteiger partial charge in [0.15, 0.2) is 5.09 Å². The summed E-state index contributed by atoms with van der Waals surface area (Å²) < 4.78 is 19.3. The van der Waals surface area contributed by atoms with Crippen molar-refractivity contribution in [3.63, 3.8) is 0 Å². The van der Waals surface area contributed by atoms with Crippen LogP contribution in [-0.2, 0) is 0 Å². The van der Waals surface area contributed by atoms with E-state index in [-0.39, 0.29) is 0 Å². The normalized spacial score (nSPS) is 11.0. The van der Waals surface area contributed by atoms with Crippen molar-refractivity contribution < 1.29 is 13.6 Å². The van der Waals surface area contributed by atoms with Crippen molar-refractivity contribution in [1.82, 2.24) is 5.43 Å². The van der Waals surface area contributed by atoms with E-state index in [0.29, 0.717) is 21.4 Å². The van der Waals surface area contributed by atoms with Crippen molar-refractivity contribution in [2.24, 2.45) is 5.10 Å². The first-order valence-corrected chi connectivity index (χ1v) is 9.32. The lowest BCUT2D eigenvalue weighted by atomic mass is 10.2. The largest absolute Gasteiger partial charge is 0.447 e. The summed E-state index contributed by atoms with van der Waals surface area (Å²) in [6.45, 7) is 0. The number of nitrogens with one attached hydrogen (secondary N) is 1. The quantitative estimate of drug-likeness (QED) is 0.395. The molecule has 1 N–H and O–H groups in total. The number of carbonyl (C=O) groups is 1. The van der Waals surface area contributed by atoms with Crippen molar-refractivity contribution in [3.05, 3.63) is 81.2 Å². The van der Waals surface area contributed by atoms with Crippen LogP contribution in [0.4, 0.5) is 4.39 Å². The van der Waals surface area contributed by atoms with Gasteiger partial charge in [-0.1, -0.05) is 23.4 Å². The lowest BCUT2D eigenvalue weighted by molar-refractivity contribution is 0.0955. The van der Waals surface area contributed by atoms with E-state index in [2.05, 4.69) is 26.5 Å². The maximum Gasteiger partial charge on any atom is 0.271 e. The summed E-state index contributed by atoms with van der Waals surface area (Å²) in [5.41, 5.74) is 2.67. The molecule has 0 aliphatic rings. The highest BCUT2D eigenvalue weighted by atomic mass is 79.9. The van der Waals surface area contributed by atoms with E-state index in [1.807, 2.05) is 12.1 Å². The van der Waals surface area contributed by atoms with E-state index in [1.54, 1.807) is 18.2 Å². The predicted molar refractivity (Wildman–Crippen MR) is 103 cm³/mol. The Balaban J connectivity index is 1.63. The Bertz CT molecular complexity index is 943. The van der Waals surface area contributed by atoms with E-state index in [9.17, 15) is 9.18 Å². The standard InChI is InChI=1S/C18H11BrClFN2O2S/c19-16-9-14(25-18(16)26-15-7-3-12(20)4-8-15)10-22-23-17(24)11-1-5-13(21)6-2-11/h1-10H,(H,23,24)/b22-10-. The smallest absolute Gasteiger partial charge is 0.271 e. The fraction of sp³-hybridized carbons (Fsp3) is 0. The number of carbonyl (C=O) groups excluding carboxylic acids is 1. The van der Waals surface area contributed by atoms with Gasteiger partial charge < -0.3 is 4.42 Å². The SMILES string of the molecule is O=C(N/N=C\c1cc(Br)c(Sc2ccc(Cl)cc2)o1)c1ccc(F)cc1. The maximum atomic E-state index is 12.9. The molecule has 1 heterocycles. The third kappa shape index (κ3) is 4.97. The van der Waals surface area contributed by atoms with Gasteiger partial charge in [0.1, 0.15) is 11.6 Å². The van der Waals surface area contributed by atoms with Crippen LogP contribution >= 0.6 is 39.3 Å². The zero-order valence-electron chi connectivity index (χ0n) is 13.1. The van der Waals surface area contributed by atoms with Gasteiger partial charge in [-0.3, -0.25) is 4.79 Å². The Labute approximate surface area is 166 Å². The molecular formula is C18H11BrClFN2O2S. The second-order valence-corrected chi connectivity index (χ2v) is 7.38. The Morgan fingerprint density at radius 3 is 2.58 bits per heavy atom. The minimum atomic E-state index is -0.442. The van der Waals surface area contributed by atoms with Crippen LogP contribution in [0.1, 0.15) is 16.1 Å². The van der Waals surface area contributed by atoms with Crippen molar-refractivity contribution in [1.29, 1.82) is 0 Å². The summed E-state index contributed by atoms with van der Waals surface area (Å²) in [5.74, 6) is -0.383. The van der Waals surface area contributed by atoms with Gasteiger partial charge in [-0.2, -0.15) is 5.10 Å². The summed E-state index contributed by atoms with van der Waals surface area (Å²) in [6, 6.07) is 14.3. The van der Waals surface area contributed by atoms with Gasteiger partial charge in [0.25, 0.3) is 5.91 Å². The summed E-state index contributed by atoms with van der Waals surface area (Å²) in [7, 11) is 0. The molecule has 0 atom stereocenters. The van der Waals surface area contributed by atoms with Gasteiger partial charge in [-0.15, -0.1) is 0 Å². The fourth-order valence-corrected chi connectivity index (χ4v) is 3.39. The van der Waals surface area contributed by atoms with Gasteiger partial charge in [-0.05, 0) is 64.5 Å². The average Bonchev–Trinajstić information content (AvgIpc) is 2.97. The van der Waals surface area contributed by atoms with Crippen LogP contribution < -0.4 is 5.43 Å². The molecule has 0 saturated heterocycles. The number of nitrogens with zero attached hydrogens (tertiary/aromatic N) is 1. The molecule has 4 nitrogen and oxygen atoms in total. The number of hydrogen-bond donors (Lipinski definition) is 1. The molecule has 8 heteroatoms. The molecule has 0 spiro atoms. The lowest BCUT2D eigenvalue weighted by Crippen LogP contribution is -2.17. The molecule has 0 aliphatic heterocycles. The highest BCUT2D eigenvalue weighted by Gasteiger charge is 2.10. The van der Waals surface area contributed by atoms with Gasteiger partial charge in [0.05, 0.1) is 10.7 Å². The Kier molecular flexibility index (Phi) is 6.13. The maximum absolute atomic E-state index is 12.9. The highest BCUT2D eigenvalue weighted by molar-refractivity contribution is 9.10. The van der Waals surface area contributed by atoms with E-state index >= 15 is 0 Å². The number of rotatable bonds is 5. The molecule has 0 unspecified atom stereocenters. The van der Waals surface area contributed by atoms with Crippen molar-refractivity contribution in [2.75, 3.05) is 0 Å². The molecule has 0 aliphatic carbocycles. The molecule has 2 aromatic carbocycles. The van der Waals surface area contributed by atoms with Gasteiger partial charge in [0.2, 0.25) is 0 Å². The summed E-state index contributed by atoms with van der Waals surface area (Å²) >= 11 is 10.7. The Morgan fingerprint density at radius 1 is 1.19 bits per heavy atom. The number of furan rings is 1. The topological polar surface area (TPSA) is 54.6 Å². The van der Waals surface area contributed by atoms with Crippen LogP contribution in [-0.4, -0.2) is 12.1 Å². The zero-order valence-corrected chi connectivity index (χ0v) is 16.2. The minimum absolute atomic E-state index is 0.308. The number of amides is 1. The van der Waals surface area contributed by atoms with Crippen LogP contribution in [0.3, 0.4) is 0 Å². The average molecular weight is 454 g/mol. The third-order valence-electron chi connectivity index (χ3n) is 3.16. The number of halogens is 3. The summed E-state index contributed by atoms with van der Waals surface area (Å²) in [4.78, 5) is 12.9. The molecule has 3 rings (SSSR count). The second-order valence-electron chi connectivity index (χ2n) is 5.05. The van der Waals surface area contributed by atoms with Crippen molar-refractivity contribution >= 4 is 51.4 Å². The van der Waals surface area contributed by atoms with Crippen molar-refractivity contribution in [2.45, 2.75) is 9.99 Å². The summed E-state index contributed by atoms with van der Waals surface area (Å²) in [6.07, 6.45) is 1.39. The molecule has 0 saturated carbocycles. The van der Waals surface area contributed by atoms with E-state index in [4.69, 9.17) is 16.0 Å². The summed E-state index contributed by atoms with van der Waals surface area (Å²) in [5, 5.41) is 5.17. The second kappa shape index (κ2) is 8.53. The van der Waals surface area contributed by atoms with Gasteiger partial charge in [-0.25, -0.2) is 9.82 Å². The zero-order chi connectivity index (χ0) is 18.5. The molecule has 3 aromatic rings. The molecular weight excluding hydrogens is 443 g/mol. The van der Waals surface area contributed by atoms with E-state index in [0.717, 1.165) is 9.37 Å². The first-order chi connectivity index (χ1) is 12.5. The first-order valence-electron chi connectivity index (χ1n) is 7.33. The van der Waals surface area contributed by atoms with Crippen LogP contribution in [0.2, 0.25) is 5.02 Å². The third-order valence-corrected chi connectivity index (χ3v) is 5.26. The number of hydrazone groups is 1. The van der Waals surface area contributed by atoms with Gasteiger partial charge >= 0.3 is 0 Å². The van der Waals surface area contributed by atoms with Crippen LogP contribution in [0.5, 0.6) is 0 Å². The Morgan fingerprint density at radius 2 is 1.88 bits per heavy atom. The number of hydrogen-bond acceptors (Lipinski definition) is 4. The van der Waals surface area contributed by atoms with E-state index < -0.39 is 11.7 Å². The highest BCUT2D eigenvalue weighted by Crippen LogP contribution is 2.35. The predicted octanol–water partition coefficient (Wildman–Crippen LogP) is 5.75. The van der Waals surface area contributed by atoms with Gasteiger partial charge in [0, 0.05) is 21.5 Å². The van der Waals surface area contributed by atoms with Crippen LogP contribution in [0.15, 0.2) is 78.6 Å². The Hall–Kier alpha value is -2.09. The molecule has 0 radical (unpaired) electrons. The van der Waals surface area contributed by atoms with E-state index in [1.165, 1.54) is 42.2 Å². The molecule has 0 bridgehead atoms. The van der Waals surface area contributed by atoms with Crippen LogP contribution in [0, 0.1) is 5.82 Å². The molecule has 0 fully saturated rings. The minimum Gasteiger partial charge on any atom is -0.447 e. The lowest BCUT2D eigenvalue weighted by Gasteiger charge is -1.99. The monoisotopic (exact) mass is 452 g/mol. The molecule has 1 amide bonds. The molecule has 1 aromatic heterocycles. The first kappa shape index (κ1) is 18.7.